The summed E-state index contributed by atoms with van der Waals surface area (Å²) in [7, 11) is 4.20. The summed E-state index contributed by atoms with van der Waals surface area (Å²) < 4.78 is 0. The molecule has 0 saturated carbocycles. The van der Waals surface area contributed by atoms with Gasteiger partial charge < -0.3 is 16.0 Å². The van der Waals surface area contributed by atoms with Crippen LogP contribution < -0.4 is 11.1 Å². The first kappa shape index (κ1) is 15.8. The Bertz CT molecular complexity index is 126. The summed E-state index contributed by atoms with van der Waals surface area (Å²) in [4.78, 5) is 2.22. The van der Waals surface area contributed by atoms with Crippen LogP contribution in [0.5, 0.6) is 0 Å². The van der Waals surface area contributed by atoms with E-state index in [9.17, 15) is 0 Å². The van der Waals surface area contributed by atoms with Crippen molar-refractivity contribution < 1.29 is 0 Å². The van der Waals surface area contributed by atoms with Crippen molar-refractivity contribution >= 4 is 17.0 Å². The molecule has 0 aliphatic rings. The Balaban J connectivity index is 0. The molecule has 3 nitrogen and oxygen atoms in total. The molecule has 0 radical (unpaired) electrons. The number of nitrogens with one attached hydrogen (secondary N) is 1. The van der Waals surface area contributed by atoms with Crippen LogP contribution in [0, 0.1) is 0 Å². The molecule has 82 valence electrons. The van der Waals surface area contributed by atoms with Crippen molar-refractivity contribution in [1.82, 2.24) is 10.2 Å². The van der Waals surface area contributed by atoms with Crippen LogP contribution in [0.25, 0.3) is 0 Å². The van der Waals surface area contributed by atoms with Gasteiger partial charge in [0, 0.05) is 24.7 Å². The number of rotatable bonds is 5. The lowest BCUT2D eigenvalue weighted by Gasteiger charge is -2.38. The van der Waals surface area contributed by atoms with Gasteiger partial charge in [0.25, 0.3) is 0 Å². The SMILES string of the molecule is Br.CC(NCCN)C(C)(C)N(C)C. The molecule has 4 heteroatoms. The molecule has 0 rings (SSSR count). The number of likely N-dealkylation sites (N-methyl/N-ethyl adjacent to an activating group) is 1. The van der Waals surface area contributed by atoms with E-state index < -0.39 is 0 Å². The summed E-state index contributed by atoms with van der Waals surface area (Å²) in [5.74, 6) is 0. The van der Waals surface area contributed by atoms with Crippen LogP contribution in [0.4, 0.5) is 0 Å². The maximum atomic E-state index is 5.42. The molecule has 0 heterocycles. The first-order chi connectivity index (χ1) is 5.42. The monoisotopic (exact) mass is 253 g/mol. The average Bonchev–Trinajstić information content (AvgIpc) is 1.99. The van der Waals surface area contributed by atoms with Gasteiger partial charge in [-0.15, -0.1) is 17.0 Å². The molecule has 0 aromatic heterocycles. The van der Waals surface area contributed by atoms with E-state index in [1.165, 1.54) is 0 Å². The fraction of sp³-hybridized carbons (Fsp3) is 1.00. The molecule has 0 spiro atoms. The quantitative estimate of drug-likeness (QED) is 0.764. The molecule has 0 bridgehead atoms. The first-order valence-corrected chi connectivity index (χ1v) is 4.53. The Morgan fingerprint density at radius 1 is 1.38 bits per heavy atom. The van der Waals surface area contributed by atoms with Crippen LogP contribution in [-0.2, 0) is 0 Å². The minimum absolute atomic E-state index is 0. The first-order valence-electron chi connectivity index (χ1n) is 4.53. The number of halogens is 1. The van der Waals surface area contributed by atoms with Crippen molar-refractivity contribution in [1.29, 1.82) is 0 Å². The molecular formula is C9H24BrN3. The molecule has 13 heavy (non-hydrogen) atoms. The maximum Gasteiger partial charge on any atom is 0.0297 e. The third-order valence-corrected chi connectivity index (χ3v) is 2.81. The Morgan fingerprint density at radius 2 is 1.85 bits per heavy atom. The average molecular weight is 254 g/mol. The van der Waals surface area contributed by atoms with E-state index in [1.807, 2.05) is 0 Å². The smallest absolute Gasteiger partial charge is 0.0297 e. The lowest BCUT2D eigenvalue weighted by molar-refractivity contribution is 0.147. The predicted molar refractivity (Wildman–Crippen MR) is 64.6 cm³/mol. The van der Waals surface area contributed by atoms with Crippen molar-refractivity contribution in [3.8, 4) is 0 Å². The lowest BCUT2D eigenvalue weighted by atomic mass is 9.95. The minimum Gasteiger partial charge on any atom is -0.329 e. The van der Waals surface area contributed by atoms with Gasteiger partial charge in [0.1, 0.15) is 0 Å². The number of hydrogen-bond donors (Lipinski definition) is 2. The van der Waals surface area contributed by atoms with Gasteiger partial charge >= 0.3 is 0 Å². The zero-order valence-electron chi connectivity index (χ0n) is 9.42. The second-order valence-electron chi connectivity index (χ2n) is 4.01. The van der Waals surface area contributed by atoms with E-state index in [0.717, 1.165) is 6.54 Å². The van der Waals surface area contributed by atoms with Crippen LogP contribution in [0.2, 0.25) is 0 Å². The van der Waals surface area contributed by atoms with Crippen LogP contribution in [0.3, 0.4) is 0 Å². The largest absolute Gasteiger partial charge is 0.329 e. The van der Waals surface area contributed by atoms with Crippen LogP contribution in [0.15, 0.2) is 0 Å². The van der Waals surface area contributed by atoms with Gasteiger partial charge in [-0.25, -0.2) is 0 Å². The third kappa shape index (κ3) is 4.96. The highest BCUT2D eigenvalue weighted by atomic mass is 79.9. The molecule has 1 unspecified atom stereocenters. The molecule has 0 aromatic rings. The molecule has 0 aromatic carbocycles. The summed E-state index contributed by atoms with van der Waals surface area (Å²) in [6.45, 7) is 8.23. The van der Waals surface area contributed by atoms with Crippen LogP contribution in [0.1, 0.15) is 20.8 Å². The number of nitrogens with two attached hydrogens (primary N) is 1. The normalized spacial score (nSPS) is 14.1. The van der Waals surface area contributed by atoms with Crippen molar-refractivity contribution in [3.63, 3.8) is 0 Å². The summed E-state index contributed by atoms with van der Waals surface area (Å²) in [6.07, 6.45) is 0. The molecule has 0 fully saturated rings. The van der Waals surface area contributed by atoms with Crippen molar-refractivity contribution in [2.75, 3.05) is 27.2 Å². The topological polar surface area (TPSA) is 41.3 Å². The van der Waals surface area contributed by atoms with E-state index in [2.05, 4.69) is 45.1 Å². The van der Waals surface area contributed by atoms with Gasteiger partial charge in [-0.05, 0) is 34.9 Å². The highest BCUT2D eigenvalue weighted by Gasteiger charge is 2.27. The van der Waals surface area contributed by atoms with Crippen molar-refractivity contribution in [3.05, 3.63) is 0 Å². The van der Waals surface area contributed by atoms with E-state index in [4.69, 9.17) is 5.73 Å². The summed E-state index contributed by atoms with van der Waals surface area (Å²) in [5.41, 5.74) is 5.60. The Labute approximate surface area is 92.8 Å². The standard InChI is InChI=1S/C9H23N3.BrH/c1-8(11-7-6-10)9(2,3)12(4)5;/h8,11H,6-7,10H2,1-5H3;1H. The maximum absolute atomic E-state index is 5.42. The number of hydrogen-bond acceptors (Lipinski definition) is 3. The molecule has 0 aliphatic carbocycles. The molecule has 1 atom stereocenters. The van der Waals surface area contributed by atoms with Crippen LogP contribution >= 0.6 is 17.0 Å². The second-order valence-corrected chi connectivity index (χ2v) is 4.01. The second kappa shape index (κ2) is 6.76. The predicted octanol–water partition coefficient (Wildman–Crippen LogP) is 0.841. The van der Waals surface area contributed by atoms with Gasteiger partial charge in [-0.3, -0.25) is 0 Å². The van der Waals surface area contributed by atoms with Gasteiger partial charge in [-0.2, -0.15) is 0 Å². The lowest BCUT2D eigenvalue weighted by Crippen LogP contribution is -2.54. The summed E-state index contributed by atoms with van der Waals surface area (Å²) in [5, 5.41) is 3.39. The van der Waals surface area contributed by atoms with Gasteiger partial charge in [0.05, 0.1) is 0 Å². The Kier molecular flexibility index (Phi) is 8.23. The highest BCUT2D eigenvalue weighted by Crippen LogP contribution is 2.14. The van der Waals surface area contributed by atoms with Gasteiger partial charge in [0.2, 0.25) is 0 Å². The zero-order valence-corrected chi connectivity index (χ0v) is 11.1. The van der Waals surface area contributed by atoms with E-state index in [0.29, 0.717) is 12.6 Å². The highest BCUT2D eigenvalue weighted by molar-refractivity contribution is 8.93. The Hall–Kier alpha value is 0.360. The van der Waals surface area contributed by atoms with Crippen molar-refractivity contribution in [2.24, 2.45) is 5.73 Å². The van der Waals surface area contributed by atoms with Gasteiger partial charge in [-0.1, -0.05) is 0 Å². The fourth-order valence-corrected chi connectivity index (χ4v) is 0.937. The van der Waals surface area contributed by atoms with Crippen molar-refractivity contribution in [2.45, 2.75) is 32.4 Å². The van der Waals surface area contributed by atoms with E-state index in [-0.39, 0.29) is 22.5 Å². The van der Waals surface area contributed by atoms with Crippen LogP contribution in [-0.4, -0.2) is 43.7 Å². The number of nitrogens with zero attached hydrogens (tertiary/aromatic N) is 1. The van der Waals surface area contributed by atoms with E-state index in [1.54, 1.807) is 0 Å². The minimum atomic E-state index is 0. The summed E-state index contributed by atoms with van der Waals surface area (Å²) >= 11 is 0. The molecule has 0 amide bonds. The third-order valence-electron chi connectivity index (χ3n) is 2.81. The van der Waals surface area contributed by atoms with E-state index >= 15 is 0 Å². The fourth-order valence-electron chi connectivity index (χ4n) is 0.937. The zero-order chi connectivity index (χ0) is 9.78. The molecular weight excluding hydrogens is 230 g/mol. The molecule has 3 N–H and O–H groups in total. The van der Waals surface area contributed by atoms with Gasteiger partial charge in [0.15, 0.2) is 0 Å². The Morgan fingerprint density at radius 3 is 2.15 bits per heavy atom. The molecule has 0 saturated heterocycles. The summed E-state index contributed by atoms with van der Waals surface area (Å²) in [6, 6.07) is 0.455. The molecule has 0 aliphatic heterocycles.